The van der Waals surface area contributed by atoms with Crippen molar-refractivity contribution in [3.63, 3.8) is 0 Å². The van der Waals surface area contributed by atoms with Crippen LogP contribution in [0.1, 0.15) is 33.6 Å². The Bertz CT molecular complexity index is 183. The van der Waals surface area contributed by atoms with Gasteiger partial charge in [0.2, 0.25) is 5.91 Å². The van der Waals surface area contributed by atoms with Crippen molar-refractivity contribution in [2.75, 3.05) is 6.61 Å². The summed E-state index contributed by atoms with van der Waals surface area (Å²) in [5.74, 6) is 0.209. The van der Waals surface area contributed by atoms with Gasteiger partial charge in [0.25, 0.3) is 0 Å². The summed E-state index contributed by atoms with van der Waals surface area (Å²) in [5, 5.41) is 8.73. The van der Waals surface area contributed by atoms with Gasteiger partial charge in [-0.05, 0) is 27.2 Å². The molecule has 1 heterocycles. The minimum atomic E-state index is -0.0881. The summed E-state index contributed by atoms with van der Waals surface area (Å²) >= 11 is 0. The van der Waals surface area contributed by atoms with Gasteiger partial charge < -0.3 is 10.0 Å². The first-order chi connectivity index (χ1) is 5.46. The molecule has 0 spiro atoms. The van der Waals surface area contributed by atoms with Crippen molar-refractivity contribution in [3.8, 4) is 0 Å². The Morgan fingerprint density at radius 3 is 2.50 bits per heavy atom. The molecule has 1 aliphatic rings. The summed E-state index contributed by atoms with van der Waals surface area (Å²) in [4.78, 5) is 13.1. The highest BCUT2D eigenvalue weighted by molar-refractivity contribution is 5.83. The first-order valence-electron chi connectivity index (χ1n) is 4.40. The number of rotatable bonds is 2. The number of aliphatic hydroxyl groups excluding tert-OH is 1. The molecule has 1 atom stereocenters. The lowest BCUT2D eigenvalue weighted by atomic mass is 9.91. The lowest BCUT2D eigenvalue weighted by molar-refractivity contribution is -0.155. The molecule has 0 aromatic carbocycles. The normalized spacial score (nSPS) is 24.2. The zero-order valence-corrected chi connectivity index (χ0v) is 8.00. The lowest BCUT2D eigenvalue weighted by Crippen LogP contribution is -2.61. The first-order valence-corrected chi connectivity index (χ1v) is 4.40. The van der Waals surface area contributed by atoms with Crippen LogP contribution in [0.25, 0.3) is 0 Å². The van der Waals surface area contributed by atoms with E-state index in [-0.39, 0.29) is 24.1 Å². The van der Waals surface area contributed by atoms with Crippen LogP contribution in [0, 0.1) is 0 Å². The third kappa shape index (κ3) is 1.61. The smallest absolute Gasteiger partial charge is 0.225 e. The molecule has 0 aliphatic carbocycles. The van der Waals surface area contributed by atoms with Crippen molar-refractivity contribution in [3.05, 3.63) is 0 Å². The van der Waals surface area contributed by atoms with Gasteiger partial charge >= 0.3 is 0 Å². The Balaban J connectivity index is 2.56. The van der Waals surface area contributed by atoms with Gasteiger partial charge in [-0.2, -0.15) is 0 Å². The van der Waals surface area contributed by atoms with Crippen LogP contribution in [0.4, 0.5) is 0 Å². The zero-order valence-electron chi connectivity index (χ0n) is 8.00. The molecule has 1 rings (SSSR count). The van der Waals surface area contributed by atoms with E-state index < -0.39 is 0 Å². The van der Waals surface area contributed by atoms with Gasteiger partial charge in [-0.3, -0.25) is 4.79 Å². The van der Waals surface area contributed by atoms with Gasteiger partial charge in [0.15, 0.2) is 0 Å². The topological polar surface area (TPSA) is 40.5 Å². The van der Waals surface area contributed by atoms with Crippen LogP contribution < -0.4 is 0 Å². The Labute approximate surface area is 73.4 Å². The molecular formula is C9H17NO2. The number of hydrogen-bond donors (Lipinski definition) is 1. The average molecular weight is 171 g/mol. The Morgan fingerprint density at radius 2 is 2.17 bits per heavy atom. The number of β-lactam (4-membered cyclic amide) rings is 1. The number of hydrogen-bond acceptors (Lipinski definition) is 2. The van der Waals surface area contributed by atoms with Crippen LogP contribution in [-0.2, 0) is 4.79 Å². The second-order valence-electron chi connectivity index (χ2n) is 4.30. The Hall–Kier alpha value is -0.570. The number of aliphatic hydroxyl groups is 1. The predicted molar refractivity (Wildman–Crippen MR) is 46.7 cm³/mol. The Morgan fingerprint density at radius 1 is 1.58 bits per heavy atom. The van der Waals surface area contributed by atoms with E-state index in [0.29, 0.717) is 12.8 Å². The van der Waals surface area contributed by atoms with E-state index in [1.54, 1.807) is 0 Å². The minimum absolute atomic E-state index is 0.0881. The quantitative estimate of drug-likeness (QED) is 0.623. The zero-order chi connectivity index (χ0) is 9.35. The van der Waals surface area contributed by atoms with E-state index in [0.717, 1.165) is 0 Å². The maximum Gasteiger partial charge on any atom is 0.225 e. The molecule has 0 radical (unpaired) electrons. The van der Waals surface area contributed by atoms with Crippen LogP contribution in [0.2, 0.25) is 0 Å². The van der Waals surface area contributed by atoms with Crippen molar-refractivity contribution >= 4 is 5.91 Å². The van der Waals surface area contributed by atoms with Gasteiger partial charge in [-0.15, -0.1) is 0 Å². The first kappa shape index (κ1) is 9.52. The van der Waals surface area contributed by atoms with E-state index in [1.807, 2.05) is 25.7 Å². The van der Waals surface area contributed by atoms with E-state index in [9.17, 15) is 4.79 Å². The van der Waals surface area contributed by atoms with Crippen molar-refractivity contribution in [1.82, 2.24) is 4.90 Å². The average Bonchev–Trinajstić information content (AvgIpc) is 1.82. The van der Waals surface area contributed by atoms with Crippen molar-refractivity contribution < 1.29 is 9.90 Å². The maximum atomic E-state index is 11.2. The molecular weight excluding hydrogens is 154 g/mol. The summed E-state index contributed by atoms with van der Waals surface area (Å²) in [7, 11) is 0. The molecule has 1 unspecified atom stereocenters. The molecule has 70 valence electrons. The van der Waals surface area contributed by atoms with E-state index in [1.165, 1.54) is 0 Å². The summed E-state index contributed by atoms with van der Waals surface area (Å²) in [5.41, 5.74) is -0.0881. The number of carbonyl (C=O) groups is 1. The number of nitrogens with zero attached hydrogens (tertiary/aromatic N) is 1. The summed E-state index contributed by atoms with van der Waals surface area (Å²) in [6.07, 6.45) is 1.32. The van der Waals surface area contributed by atoms with Crippen molar-refractivity contribution in [1.29, 1.82) is 0 Å². The second kappa shape index (κ2) is 3.05. The SMILES string of the molecule is CC(C)(C)N1C(=O)CC1CCO. The third-order valence-corrected chi connectivity index (χ3v) is 2.23. The molecule has 1 aliphatic heterocycles. The van der Waals surface area contributed by atoms with Crippen molar-refractivity contribution in [2.24, 2.45) is 0 Å². The summed E-state index contributed by atoms with van der Waals surface area (Å²) < 4.78 is 0. The number of carbonyl (C=O) groups excluding carboxylic acids is 1. The summed E-state index contributed by atoms with van der Waals surface area (Å²) in [6, 6.07) is 0.266. The molecule has 12 heavy (non-hydrogen) atoms. The van der Waals surface area contributed by atoms with E-state index in [2.05, 4.69) is 0 Å². The number of amides is 1. The standard InChI is InChI=1S/C9H17NO2/c1-9(2,3)10-7(4-5-11)6-8(10)12/h7,11H,4-6H2,1-3H3. The molecule has 0 aromatic heterocycles. The molecule has 3 heteroatoms. The van der Waals surface area contributed by atoms with Crippen LogP contribution in [0.3, 0.4) is 0 Å². The third-order valence-electron chi connectivity index (χ3n) is 2.23. The monoisotopic (exact) mass is 171 g/mol. The van der Waals surface area contributed by atoms with Crippen molar-refractivity contribution in [2.45, 2.75) is 45.2 Å². The molecule has 1 N–H and O–H groups in total. The highest BCUT2D eigenvalue weighted by atomic mass is 16.3. The number of likely N-dealkylation sites (tertiary alicyclic amines) is 1. The predicted octanol–water partition coefficient (Wildman–Crippen LogP) is 0.768. The fourth-order valence-corrected chi connectivity index (χ4v) is 1.78. The van der Waals surface area contributed by atoms with E-state index >= 15 is 0 Å². The Kier molecular flexibility index (Phi) is 2.42. The molecule has 0 aromatic rings. The fraction of sp³-hybridized carbons (Fsp3) is 0.889. The van der Waals surface area contributed by atoms with Gasteiger partial charge in [-0.25, -0.2) is 0 Å². The van der Waals surface area contributed by atoms with Gasteiger partial charge in [-0.1, -0.05) is 0 Å². The molecule has 1 saturated heterocycles. The van der Waals surface area contributed by atoms with Gasteiger partial charge in [0.05, 0.1) is 0 Å². The largest absolute Gasteiger partial charge is 0.396 e. The molecule has 1 amide bonds. The maximum absolute atomic E-state index is 11.2. The van der Waals surface area contributed by atoms with Crippen LogP contribution in [-0.4, -0.2) is 34.1 Å². The minimum Gasteiger partial charge on any atom is -0.396 e. The molecule has 1 fully saturated rings. The van der Waals surface area contributed by atoms with Crippen LogP contribution >= 0.6 is 0 Å². The molecule has 0 bridgehead atoms. The fourth-order valence-electron chi connectivity index (χ4n) is 1.78. The van der Waals surface area contributed by atoms with Crippen LogP contribution in [0.5, 0.6) is 0 Å². The lowest BCUT2D eigenvalue weighted by Gasteiger charge is -2.49. The van der Waals surface area contributed by atoms with Crippen LogP contribution in [0.15, 0.2) is 0 Å². The van der Waals surface area contributed by atoms with Gasteiger partial charge in [0, 0.05) is 24.6 Å². The van der Waals surface area contributed by atoms with Gasteiger partial charge in [0.1, 0.15) is 0 Å². The second-order valence-corrected chi connectivity index (χ2v) is 4.30. The molecule has 0 saturated carbocycles. The molecule has 3 nitrogen and oxygen atoms in total. The van der Waals surface area contributed by atoms with E-state index in [4.69, 9.17) is 5.11 Å². The highest BCUT2D eigenvalue weighted by Gasteiger charge is 2.41. The summed E-state index contributed by atoms with van der Waals surface area (Å²) in [6.45, 7) is 6.24. The highest BCUT2D eigenvalue weighted by Crippen LogP contribution is 2.30.